The molecule has 0 aliphatic heterocycles. The highest BCUT2D eigenvalue weighted by Gasteiger charge is 1.98. The number of hydrogen-bond acceptors (Lipinski definition) is 3. The van der Waals surface area contributed by atoms with Gasteiger partial charge >= 0.3 is 0 Å². The molecule has 1 rings (SSSR count). The summed E-state index contributed by atoms with van der Waals surface area (Å²) in [6, 6.07) is 6.69. The molecule has 0 spiro atoms. The molecule has 1 aromatic carbocycles. The quantitative estimate of drug-likeness (QED) is 0.610. The SMILES string of the molecule is CCCN(C)N=Nc1ccc(C(N)=O)cc1. The standard InChI is InChI=1S/C11H16N4O/c1-3-8-15(2)14-13-10-6-4-9(5-7-10)11(12)16/h4-7H,3,8H2,1-2H3,(H2,12,16). The van der Waals surface area contributed by atoms with Gasteiger partial charge in [0.15, 0.2) is 0 Å². The van der Waals surface area contributed by atoms with E-state index in [2.05, 4.69) is 17.3 Å². The molecule has 0 fully saturated rings. The van der Waals surface area contributed by atoms with Crippen LogP contribution in [0.4, 0.5) is 5.69 Å². The van der Waals surface area contributed by atoms with Gasteiger partial charge in [0.1, 0.15) is 0 Å². The zero-order valence-electron chi connectivity index (χ0n) is 9.55. The zero-order valence-corrected chi connectivity index (χ0v) is 9.55. The maximum atomic E-state index is 10.8. The molecule has 16 heavy (non-hydrogen) atoms. The van der Waals surface area contributed by atoms with Gasteiger partial charge in [-0.15, -0.1) is 5.11 Å². The van der Waals surface area contributed by atoms with Crippen molar-refractivity contribution in [1.29, 1.82) is 0 Å². The van der Waals surface area contributed by atoms with Gasteiger partial charge in [0.05, 0.1) is 5.69 Å². The third-order valence-electron chi connectivity index (χ3n) is 2.01. The first-order valence-corrected chi connectivity index (χ1v) is 5.16. The normalized spacial score (nSPS) is 10.6. The highest BCUT2D eigenvalue weighted by atomic mass is 16.1. The van der Waals surface area contributed by atoms with Crippen LogP contribution < -0.4 is 5.73 Å². The number of benzene rings is 1. The number of carbonyl (C=O) groups excluding carboxylic acids is 1. The van der Waals surface area contributed by atoms with Crippen molar-refractivity contribution in [3.05, 3.63) is 29.8 Å². The third kappa shape index (κ3) is 3.68. The number of nitrogens with zero attached hydrogens (tertiary/aromatic N) is 3. The average molecular weight is 220 g/mol. The summed E-state index contributed by atoms with van der Waals surface area (Å²) in [5.74, 6) is -0.438. The third-order valence-corrected chi connectivity index (χ3v) is 2.01. The number of primary amides is 1. The number of amides is 1. The van der Waals surface area contributed by atoms with Crippen LogP contribution >= 0.6 is 0 Å². The van der Waals surface area contributed by atoms with Crippen molar-refractivity contribution in [2.24, 2.45) is 16.1 Å². The lowest BCUT2D eigenvalue weighted by atomic mass is 10.2. The van der Waals surface area contributed by atoms with E-state index in [0.717, 1.165) is 13.0 Å². The fraction of sp³-hybridized carbons (Fsp3) is 0.364. The minimum Gasteiger partial charge on any atom is -0.366 e. The minimum atomic E-state index is -0.438. The van der Waals surface area contributed by atoms with Crippen LogP contribution in [-0.4, -0.2) is 24.5 Å². The molecule has 0 saturated carbocycles. The predicted octanol–water partition coefficient (Wildman–Crippen LogP) is 2.13. The van der Waals surface area contributed by atoms with E-state index >= 15 is 0 Å². The second kappa shape index (κ2) is 5.85. The van der Waals surface area contributed by atoms with E-state index in [0.29, 0.717) is 11.3 Å². The second-order valence-corrected chi connectivity index (χ2v) is 3.48. The summed E-state index contributed by atoms with van der Waals surface area (Å²) in [6.45, 7) is 2.94. The zero-order chi connectivity index (χ0) is 12.0. The van der Waals surface area contributed by atoms with E-state index in [1.165, 1.54) is 0 Å². The first-order chi connectivity index (χ1) is 7.63. The monoisotopic (exact) mass is 220 g/mol. The van der Waals surface area contributed by atoms with E-state index in [4.69, 9.17) is 5.73 Å². The van der Waals surface area contributed by atoms with E-state index in [-0.39, 0.29) is 0 Å². The van der Waals surface area contributed by atoms with Crippen molar-refractivity contribution < 1.29 is 4.79 Å². The molecule has 0 aromatic heterocycles. The van der Waals surface area contributed by atoms with E-state index in [1.54, 1.807) is 29.3 Å². The number of rotatable bonds is 5. The Bertz CT molecular complexity index is 372. The van der Waals surface area contributed by atoms with Gasteiger partial charge in [-0.25, -0.2) is 0 Å². The van der Waals surface area contributed by atoms with Crippen LogP contribution in [0.3, 0.4) is 0 Å². The molecule has 0 saturated heterocycles. The molecule has 0 unspecified atom stereocenters. The van der Waals surface area contributed by atoms with Crippen LogP contribution in [0.1, 0.15) is 23.7 Å². The molecule has 0 aliphatic rings. The van der Waals surface area contributed by atoms with Crippen molar-refractivity contribution in [2.45, 2.75) is 13.3 Å². The maximum absolute atomic E-state index is 10.8. The van der Waals surface area contributed by atoms with E-state index < -0.39 is 5.91 Å². The molecule has 86 valence electrons. The molecular formula is C11H16N4O. The Hall–Kier alpha value is -1.91. The Kier molecular flexibility index (Phi) is 4.44. The van der Waals surface area contributed by atoms with Crippen molar-refractivity contribution in [2.75, 3.05) is 13.6 Å². The van der Waals surface area contributed by atoms with Gasteiger partial charge < -0.3 is 5.73 Å². The summed E-state index contributed by atoms with van der Waals surface area (Å²) >= 11 is 0. The van der Waals surface area contributed by atoms with Gasteiger partial charge in [-0.05, 0) is 30.7 Å². The molecule has 5 heteroatoms. The summed E-state index contributed by atoms with van der Waals surface area (Å²) in [5, 5.41) is 9.79. The Labute approximate surface area is 94.9 Å². The first-order valence-electron chi connectivity index (χ1n) is 5.16. The van der Waals surface area contributed by atoms with Crippen LogP contribution in [0.15, 0.2) is 34.6 Å². The largest absolute Gasteiger partial charge is 0.366 e. The van der Waals surface area contributed by atoms with Crippen molar-refractivity contribution in [1.82, 2.24) is 5.01 Å². The van der Waals surface area contributed by atoms with Gasteiger partial charge in [-0.3, -0.25) is 9.80 Å². The van der Waals surface area contributed by atoms with Gasteiger partial charge in [0.25, 0.3) is 0 Å². The Morgan fingerprint density at radius 2 is 2.00 bits per heavy atom. The Morgan fingerprint density at radius 1 is 1.38 bits per heavy atom. The molecule has 1 aromatic rings. The molecule has 0 radical (unpaired) electrons. The van der Waals surface area contributed by atoms with Gasteiger partial charge in [0.2, 0.25) is 5.91 Å². The average Bonchev–Trinajstić information content (AvgIpc) is 2.27. The predicted molar refractivity (Wildman–Crippen MR) is 62.4 cm³/mol. The van der Waals surface area contributed by atoms with Crippen LogP contribution in [0.25, 0.3) is 0 Å². The maximum Gasteiger partial charge on any atom is 0.248 e. The Morgan fingerprint density at radius 3 is 2.50 bits per heavy atom. The lowest BCUT2D eigenvalue weighted by Gasteiger charge is -2.08. The van der Waals surface area contributed by atoms with Crippen LogP contribution in [0.2, 0.25) is 0 Å². The molecule has 0 bridgehead atoms. The highest BCUT2D eigenvalue weighted by molar-refractivity contribution is 5.92. The molecule has 0 heterocycles. The first kappa shape index (κ1) is 12.2. The van der Waals surface area contributed by atoms with Gasteiger partial charge in [-0.1, -0.05) is 12.1 Å². The van der Waals surface area contributed by atoms with Crippen LogP contribution in [-0.2, 0) is 0 Å². The van der Waals surface area contributed by atoms with Crippen molar-refractivity contribution >= 4 is 11.6 Å². The summed E-state index contributed by atoms with van der Waals surface area (Å²) in [5.41, 5.74) is 6.30. The highest BCUT2D eigenvalue weighted by Crippen LogP contribution is 2.13. The summed E-state index contributed by atoms with van der Waals surface area (Å²) in [6.07, 6.45) is 1.02. The van der Waals surface area contributed by atoms with Crippen molar-refractivity contribution in [3.63, 3.8) is 0 Å². The number of carbonyl (C=O) groups is 1. The fourth-order valence-corrected chi connectivity index (χ4v) is 1.19. The van der Waals surface area contributed by atoms with Crippen molar-refractivity contribution in [3.8, 4) is 0 Å². The Balaban J connectivity index is 2.64. The van der Waals surface area contributed by atoms with Gasteiger partial charge in [-0.2, -0.15) is 0 Å². The summed E-state index contributed by atoms with van der Waals surface area (Å²) in [4.78, 5) is 10.8. The number of hydrogen-bond donors (Lipinski definition) is 1. The van der Waals surface area contributed by atoms with E-state index in [1.807, 2.05) is 7.05 Å². The second-order valence-electron chi connectivity index (χ2n) is 3.48. The smallest absolute Gasteiger partial charge is 0.248 e. The lowest BCUT2D eigenvalue weighted by molar-refractivity contribution is 0.100. The molecule has 0 aliphatic carbocycles. The van der Waals surface area contributed by atoms with Gasteiger partial charge in [0, 0.05) is 19.2 Å². The fourth-order valence-electron chi connectivity index (χ4n) is 1.19. The summed E-state index contributed by atoms with van der Waals surface area (Å²) in [7, 11) is 1.87. The molecule has 2 N–H and O–H groups in total. The van der Waals surface area contributed by atoms with E-state index in [9.17, 15) is 4.79 Å². The molecule has 5 nitrogen and oxygen atoms in total. The molecule has 1 amide bonds. The topological polar surface area (TPSA) is 71.1 Å². The lowest BCUT2D eigenvalue weighted by Crippen LogP contribution is -2.10. The minimum absolute atomic E-state index is 0.438. The van der Waals surface area contributed by atoms with Crippen LogP contribution in [0.5, 0.6) is 0 Å². The van der Waals surface area contributed by atoms with Crippen LogP contribution in [0, 0.1) is 0 Å². The molecule has 0 atom stereocenters. The summed E-state index contributed by atoms with van der Waals surface area (Å²) < 4.78 is 0. The molecular weight excluding hydrogens is 204 g/mol. The number of nitrogens with two attached hydrogens (primary N) is 1.